The lowest BCUT2D eigenvalue weighted by molar-refractivity contribution is 0.159. The minimum atomic E-state index is -3.64. The van der Waals surface area contributed by atoms with Crippen LogP contribution >= 0.6 is 0 Å². The number of amides is 1. The van der Waals surface area contributed by atoms with E-state index in [1.165, 1.54) is 6.20 Å². The second kappa shape index (κ2) is 4.94. The predicted octanol–water partition coefficient (Wildman–Crippen LogP) is -0.908. The number of nitrogens with two attached hydrogens (primary N) is 1. The SMILES string of the molecule is Cc1ncc(S(=O)(=O)NCCOC(N)=O)[nH]1. The van der Waals surface area contributed by atoms with Gasteiger partial charge in [-0.1, -0.05) is 0 Å². The number of rotatable bonds is 5. The van der Waals surface area contributed by atoms with E-state index in [1.54, 1.807) is 6.92 Å². The normalized spacial score (nSPS) is 11.3. The molecular weight excluding hydrogens is 236 g/mol. The van der Waals surface area contributed by atoms with Gasteiger partial charge in [-0.2, -0.15) is 0 Å². The Balaban J connectivity index is 2.50. The molecule has 0 saturated heterocycles. The number of H-pyrrole nitrogens is 1. The molecule has 0 aliphatic heterocycles. The van der Waals surface area contributed by atoms with Crippen molar-refractivity contribution < 1.29 is 17.9 Å². The number of hydrogen-bond donors (Lipinski definition) is 3. The number of carbonyl (C=O) groups is 1. The van der Waals surface area contributed by atoms with Crippen molar-refractivity contribution in [1.82, 2.24) is 14.7 Å². The zero-order chi connectivity index (χ0) is 12.2. The van der Waals surface area contributed by atoms with Crippen LogP contribution in [0.25, 0.3) is 0 Å². The molecule has 1 amide bonds. The average molecular weight is 248 g/mol. The first-order chi connectivity index (χ1) is 7.42. The maximum atomic E-state index is 11.5. The van der Waals surface area contributed by atoms with Crippen LogP contribution in [-0.2, 0) is 14.8 Å². The molecule has 1 rings (SSSR count). The first-order valence-electron chi connectivity index (χ1n) is 4.35. The second-order valence-corrected chi connectivity index (χ2v) is 4.63. The van der Waals surface area contributed by atoms with E-state index in [-0.39, 0.29) is 18.2 Å². The minimum absolute atomic E-state index is 0.0379. The number of sulfonamides is 1. The molecule has 0 atom stereocenters. The lowest BCUT2D eigenvalue weighted by Crippen LogP contribution is -2.29. The Morgan fingerprint density at radius 2 is 2.38 bits per heavy atom. The van der Waals surface area contributed by atoms with Gasteiger partial charge in [-0.05, 0) is 6.92 Å². The number of aromatic amines is 1. The molecule has 1 aromatic heterocycles. The number of aromatic nitrogens is 2. The van der Waals surface area contributed by atoms with Crippen molar-refractivity contribution in [2.45, 2.75) is 11.9 Å². The van der Waals surface area contributed by atoms with Crippen LogP contribution in [0.5, 0.6) is 0 Å². The summed E-state index contributed by atoms with van der Waals surface area (Å²) in [6, 6.07) is 0. The highest BCUT2D eigenvalue weighted by Gasteiger charge is 2.15. The number of imidazole rings is 1. The highest BCUT2D eigenvalue weighted by atomic mass is 32.2. The average Bonchev–Trinajstić information content (AvgIpc) is 2.60. The van der Waals surface area contributed by atoms with Gasteiger partial charge in [0.05, 0.1) is 6.20 Å². The van der Waals surface area contributed by atoms with Crippen molar-refractivity contribution in [2.75, 3.05) is 13.2 Å². The lowest BCUT2D eigenvalue weighted by atomic mass is 10.7. The number of nitrogens with one attached hydrogen (secondary N) is 2. The first kappa shape index (κ1) is 12.5. The summed E-state index contributed by atoms with van der Waals surface area (Å²) in [6.07, 6.45) is 0.253. The summed E-state index contributed by atoms with van der Waals surface area (Å²) in [4.78, 5) is 16.5. The van der Waals surface area contributed by atoms with E-state index in [9.17, 15) is 13.2 Å². The number of carbonyl (C=O) groups excluding carboxylic acids is 1. The summed E-state index contributed by atoms with van der Waals surface area (Å²) in [5.74, 6) is 0.494. The Labute approximate surface area is 92.2 Å². The molecule has 0 radical (unpaired) electrons. The van der Waals surface area contributed by atoms with Crippen LogP contribution in [0.2, 0.25) is 0 Å². The van der Waals surface area contributed by atoms with E-state index >= 15 is 0 Å². The van der Waals surface area contributed by atoms with Gasteiger partial charge < -0.3 is 15.5 Å². The third-order valence-electron chi connectivity index (χ3n) is 1.61. The van der Waals surface area contributed by atoms with Crippen LogP contribution in [0.3, 0.4) is 0 Å². The first-order valence-corrected chi connectivity index (χ1v) is 5.83. The number of nitrogens with zero attached hydrogens (tertiary/aromatic N) is 1. The summed E-state index contributed by atoms with van der Waals surface area (Å²) in [6.45, 7) is 1.46. The standard InChI is InChI=1S/C7H12N4O4S/c1-5-9-4-6(11-5)16(13,14)10-2-3-15-7(8)12/h4,10H,2-3H2,1H3,(H2,8,12)(H,9,11). The maximum absolute atomic E-state index is 11.5. The Bertz CT molecular complexity index is 466. The van der Waals surface area contributed by atoms with Gasteiger partial charge in [-0.3, -0.25) is 0 Å². The molecule has 0 bridgehead atoms. The van der Waals surface area contributed by atoms with Gasteiger partial charge in [0, 0.05) is 6.54 Å². The fraction of sp³-hybridized carbons (Fsp3) is 0.429. The molecule has 1 aromatic rings. The van der Waals surface area contributed by atoms with E-state index in [0.717, 1.165) is 0 Å². The van der Waals surface area contributed by atoms with Gasteiger partial charge >= 0.3 is 6.09 Å². The maximum Gasteiger partial charge on any atom is 0.404 e. The molecule has 9 heteroatoms. The van der Waals surface area contributed by atoms with Crippen LogP contribution in [-0.4, -0.2) is 37.6 Å². The largest absolute Gasteiger partial charge is 0.448 e. The molecule has 0 spiro atoms. The number of aryl methyl sites for hydroxylation is 1. The molecule has 4 N–H and O–H groups in total. The van der Waals surface area contributed by atoms with E-state index in [1.807, 2.05) is 0 Å². The molecule has 90 valence electrons. The van der Waals surface area contributed by atoms with Gasteiger partial charge in [0.2, 0.25) is 0 Å². The summed E-state index contributed by atoms with van der Waals surface area (Å²) in [7, 11) is -3.64. The zero-order valence-electron chi connectivity index (χ0n) is 8.56. The van der Waals surface area contributed by atoms with E-state index in [4.69, 9.17) is 5.73 Å². The Morgan fingerprint density at radius 3 is 2.88 bits per heavy atom. The predicted molar refractivity (Wildman–Crippen MR) is 54.0 cm³/mol. The quantitative estimate of drug-likeness (QED) is 0.581. The Hall–Kier alpha value is -1.61. The highest BCUT2D eigenvalue weighted by Crippen LogP contribution is 2.03. The van der Waals surface area contributed by atoms with E-state index in [0.29, 0.717) is 5.82 Å². The highest BCUT2D eigenvalue weighted by molar-refractivity contribution is 7.89. The van der Waals surface area contributed by atoms with Gasteiger partial charge in [0.1, 0.15) is 12.4 Å². The lowest BCUT2D eigenvalue weighted by Gasteiger charge is -2.04. The third kappa shape index (κ3) is 3.51. The summed E-state index contributed by atoms with van der Waals surface area (Å²) in [5.41, 5.74) is 4.70. The molecule has 0 aromatic carbocycles. The molecular formula is C7H12N4O4S. The van der Waals surface area contributed by atoms with Crippen LogP contribution in [0.1, 0.15) is 5.82 Å². The Morgan fingerprint density at radius 1 is 1.69 bits per heavy atom. The van der Waals surface area contributed by atoms with Crippen LogP contribution < -0.4 is 10.5 Å². The van der Waals surface area contributed by atoms with Crippen molar-refractivity contribution in [3.8, 4) is 0 Å². The van der Waals surface area contributed by atoms with Crippen molar-refractivity contribution >= 4 is 16.1 Å². The van der Waals surface area contributed by atoms with Crippen LogP contribution in [0.4, 0.5) is 4.79 Å². The second-order valence-electron chi connectivity index (χ2n) is 2.90. The van der Waals surface area contributed by atoms with Crippen LogP contribution in [0, 0.1) is 6.92 Å². The molecule has 1 heterocycles. The Kier molecular flexibility index (Phi) is 3.85. The monoisotopic (exact) mass is 248 g/mol. The van der Waals surface area contributed by atoms with Crippen molar-refractivity contribution in [3.05, 3.63) is 12.0 Å². The van der Waals surface area contributed by atoms with Gasteiger partial charge in [0.25, 0.3) is 10.0 Å². The van der Waals surface area contributed by atoms with E-state index < -0.39 is 16.1 Å². The molecule has 0 unspecified atom stereocenters. The fourth-order valence-electron chi connectivity index (χ4n) is 0.940. The van der Waals surface area contributed by atoms with Gasteiger partial charge in [-0.15, -0.1) is 0 Å². The molecule has 0 fully saturated rings. The molecule has 8 nitrogen and oxygen atoms in total. The molecule has 0 saturated carbocycles. The van der Waals surface area contributed by atoms with Gasteiger partial charge in [-0.25, -0.2) is 22.9 Å². The fourth-order valence-corrected chi connectivity index (χ4v) is 1.92. The summed E-state index contributed by atoms with van der Waals surface area (Å²) in [5, 5.41) is -0.0379. The number of primary amides is 1. The number of ether oxygens (including phenoxy) is 1. The van der Waals surface area contributed by atoms with Crippen LogP contribution in [0.15, 0.2) is 11.2 Å². The van der Waals surface area contributed by atoms with Crippen molar-refractivity contribution in [1.29, 1.82) is 0 Å². The number of hydrogen-bond acceptors (Lipinski definition) is 5. The molecule has 0 aliphatic carbocycles. The summed E-state index contributed by atoms with van der Waals surface area (Å²) >= 11 is 0. The molecule has 16 heavy (non-hydrogen) atoms. The smallest absolute Gasteiger partial charge is 0.404 e. The minimum Gasteiger partial charge on any atom is -0.448 e. The van der Waals surface area contributed by atoms with E-state index in [2.05, 4.69) is 19.4 Å². The van der Waals surface area contributed by atoms with Crippen molar-refractivity contribution in [3.63, 3.8) is 0 Å². The molecule has 0 aliphatic rings. The zero-order valence-corrected chi connectivity index (χ0v) is 9.37. The summed E-state index contributed by atoms with van der Waals surface area (Å²) < 4.78 is 29.6. The van der Waals surface area contributed by atoms with Gasteiger partial charge in [0.15, 0.2) is 5.03 Å². The topological polar surface area (TPSA) is 127 Å². The third-order valence-corrected chi connectivity index (χ3v) is 2.98. The van der Waals surface area contributed by atoms with Crippen molar-refractivity contribution in [2.24, 2.45) is 5.73 Å².